The number of nitriles is 1. The average molecular weight is 777 g/mol. The van der Waals surface area contributed by atoms with Gasteiger partial charge in [0, 0.05) is 10.0 Å². The van der Waals surface area contributed by atoms with Crippen LogP contribution in [0.4, 0.5) is 0 Å². The van der Waals surface area contributed by atoms with Crippen LogP contribution in [-0.2, 0) is 25.7 Å². The van der Waals surface area contributed by atoms with E-state index in [4.69, 9.17) is 23.7 Å². The van der Waals surface area contributed by atoms with Gasteiger partial charge in [-0.15, -0.1) is 0 Å². The number of halogens is 1. The van der Waals surface area contributed by atoms with E-state index in [2.05, 4.69) is 31.7 Å². The van der Waals surface area contributed by atoms with Gasteiger partial charge >= 0.3 is 11.9 Å². The summed E-state index contributed by atoms with van der Waals surface area (Å²) in [5, 5.41) is 9.45. The number of carbonyl (C=O) groups excluding carboxylic acids is 2. The number of rotatable bonds is 13. The predicted molar refractivity (Wildman–Crippen MR) is 192 cm³/mol. The first-order valence-corrected chi connectivity index (χ1v) is 17.4. The van der Waals surface area contributed by atoms with Crippen molar-refractivity contribution in [2.45, 2.75) is 33.4 Å². The molecule has 1 aromatic heterocycles. The van der Waals surface area contributed by atoms with E-state index < -0.39 is 18.0 Å². The van der Waals surface area contributed by atoms with Gasteiger partial charge in [-0.3, -0.25) is 9.36 Å². The second-order valence-corrected chi connectivity index (χ2v) is 12.8. The summed E-state index contributed by atoms with van der Waals surface area (Å²) in [5.74, 6) is 0.287. The van der Waals surface area contributed by atoms with Crippen molar-refractivity contribution in [3.05, 3.63) is 112 Å². The first-order chi connectivity index (χ1) is 24.6. The zero-order valence-corrected chi connectivity index (χ0v) is 30.9. The van der Waals surface area contributed by atoms with Crippen LogP contribution in [0.1, 0.15) is 49.1 Å². The van der Waals surface area contributed by atoms with Gasteiger partial charge in [0.2, 0.25) is 0 Å². The number of fused-ring (bicyclic) bond motifs is 1. The molecule has 4 aromatic rings. The smallest absolute Gasteiger partial charge is 0.343 e. The molecule has 2 heterocycles. The molecule has 14 heteroatoms. The zero-order valence-electron chi connectivity index (χ0n) is 28.5. The number of benzene rings is 3. The van der Waals surface area contributed by atoms with Crippen LogP contribution in [-0.4, -0.2) is 50.5 Å². The number of nitrogens with zero attached hydrogens (tertiary/aromatic N) is 3. The summed E-state index contributed by atoms with van der Waals surface area (Å²) in [4.78, 5) is 44.5. The van der Waals surface area contributed by atoms with Gasteiger partial charge in [-0.2, -0.15) is 5.26 Å². The first-order valence-electron chi connectivity index (χ1n) is 15.8. The van der Waals surface area contributed by atoms with E-state index in [9.17, 15) is 19.6 Å². The molecular formula is C37H34BrN3O9S. The van der Waals surface area contributed by atoms with Crippen molar-refractivity contribution in [3.63, 3.8) is 0 Å². The summed E-state index contributed by atoms with van der Waals surface area (Å²) in [5.41, 5.74) is 2.62. The number of carbonyl (C=O) groups is 2. The molecular weight excluding hydrogens is 742 g/mol. The Morgan fingerprint density at radius 1 is 1.00 bits per heavy atom. The number of hydrogen-bond acceptors (Lipinski definition) is 12. The van der Waals surface area contributed by atoms with Gasteiger partial charge in [-0.1, -0.05) is 51.5 Å². The molecule has 1 atom stereocenters. The van der Waals surface area contributed by atoms with E-state index in [1.807, 2.05) is 12.1 Å². The van der Waals surface area contributed by atoms with Crippen molar-refractivity contribution in [1.82, 2.24) is 4.57 Å². The van der Waals surface area contributed by atoms with E-state index in [-0.39, 0.29) is 43.3 Å². The summed E-state index contributed by atoms with van der Waals surface area (Å²) < 4.78 is 35.7. The Morgan fingerprint density at radius 2 is 1.76 bits per heavy atom. The number of thiazole rings is 1. The normalized spacial score (nSPS) is 13.8. The molecule has 0 aliphatic carbocycles. The Hall–Kier alpha value is -5.39. The highest BCUT2D eigenvalue weighted by atomic mass is 79.9. The maximum Gasteiger partial charge on any atom is 0.343 e. The van der Waals surface area contributed by atoms with Crippen LogP contribution in [0.25, 0.3) is 6.08 Å². The maximum atomic E-state index is 14.3. The first kappa shape index (κ1) is 36.9. The summed E-state index contributed by atoms with van der Waals surface area (Å²) in [6.07, 6.45) is 1.71. The van der Waals surface area contributed by atoms with Crippen LogP contribution in [0.2, 0.25) is 0 Å². The fourth-order valence-corrected chi connectivity index (χ4v) is 6.84. The van der Waals surface area contributed by atoms with Gasteiger partial charge in [-0.25, -0.2) is 14.6 Å². The van der Waals surface area contributed by atoms with Crippen LogP contribution in [0.15, 0.2) is 80.1 Å². The van der Waals surface area contributed by atoms with E-state index in [0.29, 0.717) is 53.4 Å². The Morgan fingerprint density at radius 3 is 2.47 bits per heavy atom. The molecule has 5 rings (SSSR count). The van der Waals surface area contributed by atoms with E-state index in [0.717, 1.165) is 5.56 Å². The molecule has 0 spiro atoms. The standard InChI is InChI=1S/C37H34BrN3O9S/c1-6-47-29-14-22(12-13-27(29)50-20-32(42)46-5)34-33(36(44)48-7-2)21(3)40-37-41(34)35(43)31(51-37)16-25-15-28(45-4)30(17-26(25)38)49-19-24-11-9-8-10-23(24)18-39/h8-17,34H,6-7,19-20H2,1-5H3/b31-16-/t34-/m1/s1. The fraction of sp³-hybridized carbons (Fsp3) is 0.270. The summed E-state index contributed by atoms with van der Waals surface area (Å²) in [6, 6.07) is 16.9. The molecule has 0 saturated heterocycles. The third-order valence-corrected chi connectivity index (χ3v) is 9.43. The van der Waals surface area contributed by atoms with Crippen molar-refractivity contribution in [3.8, 4) is 29.1 Å². The van der Waals surface area contributed by atoms with E-state index in [1.165, 1.54) is 30.1 Å². The predicted octanol–water partition coefficient (Wildman–Crippen LogP) is 4.97. The fourth-order valence-electron chi connectivity index (χ4n) is 5.37. The molecule has 12 nitrogen and oxygen atoms in total. The second-order valence-electron chi connectivity index (χ2n) is 10.9. The van der Waals surface area contributed by atoms with Gasteiger partial charge < -0.3 is 28.4 Å². The van der Waals surface area contributed by atoms with Crippen LogP contribution in [0.3, 0.4) is 0 Å². The maximum absolute atomic E-state index is 14.3. The lowest BCUT2D eigenvalue weighted by atomic mass is 9.95. The second kappa shape index (κ2) is 16.5. The Balaban J connectivity index is 1.59. The number of esters is 2. The highest BCUT2D eigenvalue weighted by molar-refractivity contribution is 9.10. The Kier molecular flexibility index (Phi) is 12.0. The van der Waals surface area contributed by atoms with E-state index >= 15 is 0 Å². The Labute approximate surface area is 305 Å². The largest absolute Gasteiger partial charge is 0.493 e. The van der Waals surface area contributed by atoms with Gasteiger partial charge in [0.05, 0.1) is 60.9 Å². The van der Waals surface area contributed by atoms with Crippen LogP contribution in [0.5, 0.6) is 23.0 Å². The molecule has 51 heavy (non-hydrogen) atoms. The highest BCUT2D eigenvalue weighted by Gasteiger charge is 2.34. The quantitative estimate of drug-likeness (QED) is 0.171. The third-order valence-electron chi connectivity index (χ3n) is 7.76. The highest BCUT2D eigenvalue weighted by Crippen LogP contribution is 2.37. The molecule has 1 aliphatic heterocycles. The SMILES string of the molecule is CCOC(=O)C1=C(C)N=c2s/c(=C\c3cc(OC)c(OCc4ccccc4C#N)cc3Br)c(=O)n2[C@@H]1c1ccc(OCC(=O)OC)c(OCC)c1. The minimum atomic E-state index is -0.915. The van der Waals surface area contributed by atoms with Crippen molar-refractivity contribution in [2.75, 3.05) is 34.0 Å². The lowest BCUT2D eigenvalue weighted by Crippen LogP contribution is -2.40. The monoisotopic (exact) mass is 775 g/mol. The van der Waals surface area contributed by atoms with Gasteiger partial charge in [-0.05, 0) is 68.3 Å². The average Bonchev–Trinajstić information content (AvgIpc) is 3.43. The molecule has 0 unspecified atom stereocenters. The van der Waals surface area contributed by atoms with Crippen LogP contribution < -0.4 is 33.8 Å². The summed E-state index contributed by atoms with van der Waals surface area (Å²) in [7, 11) is 2.78. The zero-order chi connectivity index (χ0) is 36.7. The van der Waals surface area contributed by atoms with Crippen LogP contribution in [0, 0.1) is 11.3 Å². The topological polar surface area (TPSA) is 148 Å². The number of allylic oxidation sites excluding steroid dienone is 1. The number of aromatic nitrogens is 1. The van der Waals surface area contributed by atoms with Crippen LogP contribution >= 0.6 is 27.3 Å². The molecule has 0 bridgehead atoms. The van der Waals surface area contributed by atoms with Gasteiger partial charge in [0.15, 0.2) is 34.4 Å². The molecule has 0 fully saturated rings. The minimum Gasteiger partial charge on any atom is -0.493 e. The molecule has 3 aromatic carbocycles. The number of ether oxygens (including phenoxy) is 6. The molecule has 264 valence electrons. The van der Waals surface area contributed by atoms with Gasteiger partial charge in [0.25, 0.3) is 5.56 Å². The molecule has 1 aliphatic rings. The van der Waals surface area contributed by atoms with E-state index in [1.54, 1.807) is 69.3 Å². The van der Waals surface area contributed by atoms with Crippen molar-refractivity contribution in [2.24, 2.45) is 4.99 Å². The lowest BCUT2D eigenvalue weighted by Gasteiger charge is -2.25. The lowest BCUT2D eigenvalue weighted by molar-refractivity contribution is -0.143. The van der Waals surface area contributed by atoms with Crippen molar-refractivity contribution < 1.29 is 38.0 Å². The summed E-state index contributed by atoms with van der Waals surface area (Å²) in [6.45, 7) is 5.42. The summed E-state index contributed by atoms with van der Waals surface area (Å²) >= 11 is 4.77. The molecule has 0 radical (unpaired) electrons. The number of methoxy groups -OCH3 is 2. The minimum absolute atomic E-state index is 0.123. The van der Waals surface area contributed by atoms with Crippen molar-refractivity contribution in [1.29, 1.82) is 5.26 Å². The third kappa shape index (κ3) is 8.00. The Bertz CT molecular complexity index is 2240. The molecule has 0 N–H and O–H groups in total. The van der Waals surface area contributed by atoms with Gasteiger partial charge in [0.1, 0.15) is 6.61 Å². The number of hydrogen-bond donors (Lipinski definition) is 0. The molecule has 0 amide bonds. The molecule has 0 saturated carbocycles. The van der Waals surface area contributed by atoms with Crippen molar-refractivity contribution >= 4 is 45.3 Å².